The second-order valence-corrected chi connectivity index (χ2v) is 9.46. The van der Waals surface area contributed by atoms with Crippen molar-refractivity contribution < 1.29 is 8.42 Å². The molecule has 1 heterocycles. The maximum Gasteiger partial charge on any atom is 0.331 e. The fourth-order valence-electron chi connectivity index (χ4n) is 1.56. The van der Waals surface area contributed by atoms with Gasteiger partial charge in [0.05, 0.1) is 14.1 Å². The number of rotatable bonds is 4. The van der Waals surface area contributed by atoms with E-state index in [1.54, 1.807) is 27.7 Å². The van der Waals surface area contributed by atoms with Crippen LogP contribution in [0.4, 0.5) is 0 Å². The molecule has 20 heavy (non-hydrogen) atoms. The smallest absolute Gasteiger partial charge is 0.300 e. The first-order valence-corrected chi connectivity index (χ1v) is 8.96. The van der Waals surface area contributed by atoms with Gasteiger partial charge in [-0.2, -0.15) is 0 Å². The van der Waals surface area contributed by atoms with Crippen molar-refractivity contribution >= 4 is 32.4 Å². The lowest BCUT2D eigenvalue weighted by Gasteiger charge is -2.19. The molecule has 0 atom stereocenters. The number of nitrogens with zero attached hydrogens (tertiary/aromatic N) is 2. The maximum atomic E-state index is 12.1. The van der Waals surface area contributed by atoms with E-state index >= 15 is 0 Å². The van der Waals surface area contributed by atoms with Gasteiger partial charge in [0.25, 0.3) is 5.56 Å². The summed E-state index contributed by atoms with van der Waals surface area (Å²) in [4.78, 5) is 24.0. The summed E-state index contributed by atoms with van der Waals surface area (Å²) in [6.45, 7) is 6.91. The Kier molecular flexibility index (Phi) is 5.23. The Hall–Kier alpha value is -0.640. The van der Waals surface area contributed by atoms with Gasteiger partial charge in [-0.3, -0.25) is 13.9 Å². The van der Waals surface area contributed by atoms with Crippen LogP contribution < -0.4 is 11.2 Å². The van der Waals surface area contributed by atoms with Crippen LogP contribution >= 0.6 is 22.6 Å². The molecule has 0 spiro atoms. The van der Waals surface area contributed by atoms with E-state index in [0.29, 0.717) is 10.1 Å². The SMILES string of the molecule is CCn1cc(I)c(=O)n(CCS(=O)(=O)C(C)(C)C)c1=O. The Labute approximate surface area is 131 Å². The highest BCUT2D eigenvalue weighted by atomic mass is 127. The fourth-order valence-corrected chi connectivity index (χ4v) is 3.22. The van der Waals surface area contributed by atoms with Crippen molar-refractivity contribution in [2.75, 3.05) is 5.75 Å². The quantitative estimate of drug-likeness (QED) is 0.685. The van der Waals surface area contributed by atoms with Gasteiger partial charge in [-0.25, -0.2) is 13.2 Å². The zero-order chi connectivity index (χ0) is 15.7. The summed E-state index contributed by atoms with van der Waals surface area (Å²) in [5.41, 5.74) is -0.911. The molecule has 0 unspecified atom stereocenters. The minimum absolute atomic E-state index is 0.117. The van der Waals surface area contributed by atoms with E-state index in [-0.39, 0.29) is 12.3 Å². The molecule has 0 bridgehead atoms. The molecule has 0 saturated heterocycles. The minimum Gasteiger partial charge on any atom is -0.300 e. The second-order valence-electron chi connectivity index (χ2n) is 5.43. The van der Waals surface area contributed by atoms with Crippen LogP contribution in [0.1, 0.15) is 27.7 Å². The number of hydrogen-bond donors (Lipinski definition) is 0. The molecule has 0 amide bonds. The summed E-state index contributed by atoms with van der Waals surface area (Å²) in [6, 6.07) is 0. The predicted molar refractivity (Wildman–Crippen MR) is 86.9 cm³/mol. The molecule has 0 N–H and O–H groups in total. The second kappa shape index (κ2) is 6.00. The molecule has 8 heteroatoms. The summed E-state index contributed by atoms with van der Waals surface area (Å²) in [6.07, 6.45) is 1.49. The molecule has 6 nitrogen and oxygen atoms in total. The topological polar surface area (TPSA) is 78.1 Å². The van der Waals surface area contributed by atoms with Crippen molar-refractivity contribution in [1.29, 1.82) is 0 Å². The molecule has 0 aliphatic rings. The lowest BCUT2D eigenvalue weighted by molar-refractivity contribution is 0.541. The van der Waals surface area contributed by atoms with E-state index < -0.39 is 25.8 Å². The molecule has 0 saturated carbocycles. The molecular weight excluding hydrogens is 395 g/mol. The van der Waals surface area contributed by atoms with Gasteiger partial charge in [-0.05, 0) is 50.3 Å². The van der Waals surface area contributed by atoms with E-state index in [2.05, 4.69) is 0 Å². The summed E-state index contributed by atoms with van der Waals surface area (Å²) in [5, 5.41) is 0. The zero-order valence-corrected chi connectivity index (χ0v) is 15.0. The molecule has 1 aromatic rings. The van der Waals surface area contributed by atoms with Crippen LogP contribution in [0.3, 0.4) is 0 Å². The number of sulfone groups is 1. The molecule has 0 radical (unpaired) electrons. The van der Waals surface area contributed by atoms with Crippen molar-refractivity contribution in [3.05, 3.63) is 30.6 Å². The molecule has 114 valence electrons. The van der Waals surface area contributed by atoms with E-state index in [9.17, 15) is 18.0 Å². The summed E-state index contributed by atoms with van der Waals surface area (Å²) in [5.74, 6) is -0.227. The van der Waals surface area contributed by atoms with Crippen LogP contribution in [0.25, 0.3) is 0 Å². The van der Waals surface area contributed by atoms with Gasteiger partial charge in [0.15, 0.2) is 9.84 Å². The molecule has 0 aromatic carbocycles. The van der Waals surface area contributed by atoms with Crippen LogP contribution in [0.15, 0.2) is 15.8 Å². The number of hydrogen-bond acceptors (Lipinski definition) is 4. The largest absolute Gasteiger partial charge is 0.331 e. The van der Waals surface area contributed by atoms with Gasteiger partial charge in [0.2, 0.25) is 0 Å². The molecule has 0 aliphatic heterocycles. The summed E-state index contributed by atoms with van der Waals surface area (Å²) >= 11 is 1.85. The van der Waals surface area contributed by atoms with E-state index in [4.69, 9.17) is 0 Å². The monoisotopic (exact) mass is 414 g/mol. The number of aryl methyl sites for hydroxylation is 1. The third-order valence-electron chi connectivity index (χ3n) is 3.05. The first-order chi connectivity index (χ1) is 9.01. The van der Waals surface area contributed by atoms with Crippen LogP contribution in [0.5, 0.6) is 0 Å². The number of aromatic nitrogens is 2. The fraction of sp³-hybridized carbons (Fsp3) is 0.667. The van der Waals surface area contributed by atoms with Gasteiger partial charge >= 0.3 is 5.69 Å². The Morgan fingerprint density at radius 2 is 1.80 bits per heavy atom. The zero-order valence-electron chi connectivity index (χ0n) is 12.0. The average molecular weight is 414 g/mol. The van der Waals surface area contributed by atoms with Crippen molar-refractivity contribution in [2.24, 2.45) is 0 Å². The third-order valence-corrected chi connectivity index (χ3v) is 6.38. The Balaban J connectivity index is 3.22. The molecular formula is C12H19IN2O4S. The highest BCUT2D eigenvalue weighted by molar-refractivity contribution is 14.1. The molecule has 1 rings (SSSR count). The van der Waals surface area contributed by atoms with Crippen molar-refractivity contribution in [3.8, 4) is 0 Å². The van der Waals surface area contributed by atoms with Crippen LogP contribution in [0, 0.1) is 3.57 Å². The van der Waals surface area contributed by atoms with Gasteiger partial charge in [0, 0.05) is 19.3 Å². The lowest BCUT2D eigenvalue weighted by Crippen LogP contribution is -2.43. The van der Waals surface area contributed by atoms with E-state index in [1.165, 1.54) is 10.8 Å². The molecule has 0 fully saturated rings. The molecule has 1 aromatic heterocycles. The lowest BCUT2D eigenvalue weighted by atomic mass is 10.3. The maximum absolute atomic E-state index is 12.1. The highest BCUT2D eigenvalue weighted by Crippen LogP contribution is 2.15. The predicted octanol–water partition coefficient (Wildman–Crippen LogP) is 0.848. The number of halogens is 1. The van der Waals surface area contributed by atoms with Gasteiger partial charge in [-0.1, -0.05) is 0 Å². The summed E-state index contributed by atoms with van der Waals surface area (Å²) in [7, 11) is -3.37. The van der Waals surface area contributed by atoms with E-state index in [0.717, 1.165) is 4.57 Å². The standard InChI is InChI=1S/C12H19IN2O4S/c1-5-14-8-9(13)10(16)15(11(14)17)6-7-20(18,19)12(2,3)4/h8H,5-7H2,1-4H3. The summed E-state index contributed by atoms with van der Waals surface area (Å²) < 4.78 is 26.0. The van der Waals surface area contributed by atoms with Crippen molar-refractivity contribution in [3.63, 3.8) is 0 Å². The normalized spacial score (nSPS) is 12.7. The van der Waals surface area contributed by atoms with Crippen LogP contribution in [-0.4, -0.2) is 28.1 Å². The molecule has 0 aliphatic carbocycles. The Morgan fingerprint density at radius 1 is 1.25 bits per heavy atom. The van der Waals surface area contributed by atoms with Crippen molar-refractivity contribution in [2.45, 2.75) is 45.5 Å². The first-order valence-electron chi connectivity index (χ1n) is 6.23. The Morgan fingerprint density at radius 3 is 2.25 bits per heavy atom. The van der Waals surface area contributed by atoms with Gasteiger partial charge < -0.3 is 0 Å². The third kappa shape index (κ3) is 3.51. The van der Waals surface area contributed by atoms with E-state index in [1.807, 2.05) is 22.6 Å². The van der Waals surface area contributed by atoms with Crippen LogP contribution in [-0.2, 0) is 22.9 Å². The van der Waals surface area contributed by atoms with Gasteiger partial charge in [-0.15, -0.1) is 0 Å². The Bertz CT molecular complexity index is 710. The first kappa shape index (κ1) is 17.4. The minimum atomic E-state index is -3.37. The average Bonchev–Trinajstić information content (AvgIpc) is 2.32. The highest BCUT2D eigenvalue weighted by Gasteiger charge is 2.29. The van der Waals surface area contributed by atoms with Crippen molar-refractivity contribution in [1.82, 2.24) is 9.13 Å². The van der Waals surface area contributed by atoms with Crippen LogP contribution in [0.2, 0.25) is 0 Å². The van der Waals surface area contributed by atoms with Gasteiger partial charge in [0.1, 0.15) is 0 Å².